The van der Waals surface area contributed by atoms with Gasteiger partial charge in [-0.3, -0.25) is 4.79 Å². The first-order valence-corrected chi connectivity index (χ1v) is 7.57. The molecule has 0 saturated carbocycles. The van der Waals surface area contributed by atoms with Gasteiger partial charge < -0.3 is 14.7 Å². The Kier molecular flexibility index (Phi) is 4.78. The van der Waals surface area contributed by atoms with Crippen LogP contribution < -0.4 is 0 Å². The summed E-state index contributed by atoms with van der Waals surface area (Å²) in [5.74, 6) is -0.647. The number of thiazole rings is 1. The summed E-state index contributed by atoms with van der Waals surface area (Å²) in [6.07, 6.45) is 0. The van der Waals surface area contributed by atoms with Crippen molar-refractivity contribution in [3.05, 3.63) is 10.6 Å². The van der Waals surface area contributed by atoms with Crippen LogP contribution in [0.25, 0.3) is 0 Å². The van der Waals surface area contributed by atoms with Crippen LogP contribution in [0.5, 0.6) is 0 Å². The van der Waals surface area contributed by atoms with E-state index in [0.717, 1.165) is 11.3 Å². The number of ether oxygens (including phenoxy) is 1. The number of aryl methyl sites for hydroxylation is 1. The lowest BCUT2D eigenvalue weighted by atomic mass is 10.4. The molecule has 0 atom stereocenters. The highest BCUT2D eigenvalue weighted by Crippen LogP contribution is 2.27. The molecule has 2 rings (SSSR count). The zero-order chi connectivity index (χ0) is 13.8. The van der Waals surface area contributed by atoms with Crippen LogP contribution in [0.4, 0.5) is 0 Å². The van der Waals surface area contributed by atoms with Crippen LogP contribution in [-0.4, -0.2) is 58.9 Å². The van der Waals surface area contributed by atoms with Crippen molar-refractivity contribution in [2.24, 2.45) is 0 Å². The monoisotopic (exact) mass is 302 g/mol. The van der Waals surface area contributed by atoms with Gasteiger partial charge in [0.15, 0.2) is 4.34 Å². The Labute approximate surface area is 118 Å². The third-order valence-electron chi connectivity index (χ3n) is 2.65. The maximum absolute atomic E-state index is 11.9. The predicted octanol–water partition coefficient (Wildman–Crippen LogP) is 1.10. The summed E-state index contributed by atoms with van der Waals surface area (Å²) in [6, 6.07) is 0. The molecule has 0 aliphatic carbocycles. The van der Waals surface area contributed by atoms with E-state index >= 15 is 0 Å². The summed E-state index contributed by atoms with van der Waals surface area (Å²) in [5, 5.41) is 8.93. The molecular formula is C11H14N2O4S2. The van der Waals surface area contributed by atoms with E-state index in [2.05, 4.69) is 4.98 Å². The minimum Gasteiger partial charge on any atom is -0.477 e. The molecule has 1 fully saturated rings. The lowest BCUT2D eigenvalue weighted by Crippen LogP contribution is -2.41. The van der Waals surface area contributed by atoms with Crippen molar-refractivity contribution in [3.63, 3.8) is 0 Å². The highest BCUT2D eigenvalue weighted by Gasteiger charge is 2.19. The van der Waals surface area contributed by atoms with E-state index in [9.17, 15) is 9.59 Å². The normalized spacial score (nSPS) is 15.5. The average molecular weight is 302 g/mol. The van der Waals surface area contributed by atoms with Crippen LogP contribution in [0.3, 0.4) is 0 Å². The predicted molar refractivity (Wildman–Crippen MR) is 71.9 cm³/mol. The Hall–Kier alpha value is -1.12. The molecule has 0 spiro atoms. The van der Waals surface area contributed by atoms with Crippen LogP contribution >= 0.6 is 23.1 Å². The summed E-state index contributed by atoms with van der Waals surface area (Å²) >= 11 is 2.40. The van der Waals surface area contributed by atoms with E-state index < -0.39 is 5.97 Å². The first-order valence-electron chi connectivity index (χ1n) is 5.77. The summed E-state index contributed by atoms with van der Waals surface area (Å²) < 4.78 is 5.80. The second-order valence-electron chi connectivity index (χ2n) is 3.98. The van der Waals surface area contributed by atoms with Crippen molar-refractivity contribution >= 4 is 35.0 Å². The highest BCUT2D eigenvalue weighted by molar-refractivity contribution is 8.01. The zero-order valence-corrected chi connectivity index (χ0v) is 12.1. The molecule has 104 valence electrons. The van der Waals surface area contributed by atoms with Crippen LogP contribution in [0, 0.1) is 6.92 Å². The number of thioether (sulfide) groups is 1. The van der Waals surface area contributed by atoms with Gasteiger partial charge in [-0.25, -0.2) is 9.78 Å². The minimum absolute atomic E-state index is 0.0398. The minimum atomic E-state index is -0.971. The number of aromatic carboxylic acids is 1. The van der Waals surface area contributed by atoms with E-state index in [-0.39, 0.29) is 16.5 Å². The van der Waals surface area contributed by atoms with Gasteiger partial charge in [0.2, 0.25) is 5.91 Å². The number of hydrogen-bond donors (Lipinski definition) is 1. The molecule has 0 radical (unpaired) electrons. The van der Waals surface area contributed by atoms with Crippen molar-refractivity contribution < 1.29 is 19.4 Å². The quantitative estimate of drug-likeness (QED) is 0.839. The summed E-state index contributed by atoms with van der Waals surface area (Å²) in [4.78, 5) is 29.0. The molecule has 19 heavy (non-hydrogen) atoms. The SMILES string of the molecule is Cc1nc(SCC(=O)N2CCOCC2)sc1C(=O)O. The molecule has 6 nitrogen and oxygen atoms in total. The third kappa shape index (κ3) is 3.68. The number of carbonyl (C=O) groups excluding carboxylic acids is 1. The largest absolute Gasteiger partial charge is 0.477 e. The van der Waals surface area contributed by atoms with Crippen molar-refractivity contribution in [1.82, 2.24) is 9.88 Å². The first-order chi connectivity index (χ1) is 9.08. The van der Waals surface area contributed by atoms with E-state index in [0.29, 0.717) is 36.3 Å². The van der Waals surface area contributed by atoms with Gasteiger partial charge in [-0.05, 0) is 6.92 Å². The van der Waals surface area contributed by atoms with E-state index in [1.807, 2.05) is 0 Å². The number of nitrogens with zero attached hydrogens (tertiary/aromatic N) is 2. The molecule has 1 amide bonds. The zero-order valence-electron chi connectivity index (χ0n) is 10.4. The van der Waals surface area contributed by atoms with Crippen molar-refractivity contribution in [3.8, 4) is 0 Å². The van der Waals surface area contributed by atoms with E-state index in [1.165, 1.54) is 11.8 Å². The van der Waals surface area contributed by atoms with Gasteiger partial charge in [0.05, 0.1) is 24.7 Å². The molecule has 0 unspecified atom stereocenters. The van der Waals surface area contributed by atoms with E-state index in [4.69, 9.17) is 9.84 Å². The van der Waals surface area contributed by atoms with Crippen LogP contribution in [0.2, 0.25) is 0 Å². The van der Waals surface area contributed by atoms with Gasteiger partial charge in [-0.1, -0.05) is 11.8 Å². The van der Waals surface area contributed by atoms with Gasteiger partial charge in [0.1, 0.15) is 4.88 Å². The van der Waals surface area contributed by atoms with Crippen molar-refractivity contribution in [1.29, 1.82) is 0 Å². The second-order valence-corrected chi connectivity index (χ2v) is 6.20. The fraction of sp³-hybridized carbons (Fsp3) is 0.545. The summed E-state index contributed by atoms with van der Waals surface area (Å²) in [5.41, 5.74) is 0.499. The molecule has 1 saturated heterocycles. The molecule has 1 aromatic heterocycles. The van der Waals surface area contributed by atoms with Gasteiger partial charge >= 0.3 is 5.97 Å². The Bertz CT molecular complexity index is 483. The van der Waals surface area contributed by atoms with E-state index in [1.54, 1.807) is 11.8 Å². The summed E-state index contributed by atoms with van der Waals surface area (Å²) in [6.45, 7) is 4.06. The second kappa shape index (κ2) is 6.36. The molecule has 1 aliphatic heterocycles. The molecule has 0 aromatic carbocycles. The Morgan fingerprint density at radius 1 is 1.47 bits per heavy atom. The molecule has 1 N–H and O–H groups in total. The number of carboxylic acids is 1. The molecule has 0 bridgehead atoms. The molecule has 8 heteroatoms. The number of hydrogen-bond acceptors (Lipinski definition) is 6. The topological polar surface area (TPSA) is 79.7 Å². The lowest BCUT2D eigenvalue weighted by molar-refractivity contribution is -0.132. The molecule has 2 heterocycles. The highest BCUT2D eigenvalue weighted by atomic mass is 32.2. The summed E-state index contributed by atoms with van der Waals surface area (Å²) in [7, 11) is 0. The number of aromatic nitrogens is 1. The fourth-order valence-electron chi connectivity index (χ4n) is 1.66. The first kappa shape index (κ1) is 14.3. The van der Waals surface area contributed by atoms with Gasteiger partial charge in [0, 0.05) is 13.1 Å². The molecule has 1 aromatic rings. The van der Waals surface area contributed by atoms with Gasteiger partial charge in [0.25, 0.3) is 0 Å². The number of carboxylic acid groups (broad SMARTS) is 1. The average Bonchev–Trinajstić information content (AvgIpc) is 2.78. The Morgan fingerprint density at radius 2 is 2.16 bits per heavy atom. The van der Waals surface area contributed by atoms with Gasteiger partial charge in [-0.2, -0.15) is 0 Å². The van der Waals surface area contributed by atoms with Gasteiger partial charge in [-0.15, -0.1) is 11.3 Å². The number of carbonyl (C=O) groups is 2. The van der Waals surface area contributed by atoms with Crippen molar-refractivity contribution in [2.75, 3.05) is 32.1 Å². The van der Waals surface area contributed by atoms with Crippen LogP contribution in [0.1, 0.15) is 15.4 Å². The Balaban J connectivity index is 1.89. The number of amides is 1. The lowest BCUT2D eigenvalue weighted by Gasteiger charge is -2.26. The number of rotatable bonds is 4. The fourth-order valence-corrected chi connectivity index (χ4v) is 3.59. The van der Waals surface area contributed by atoms with Crippen molar-refractivity contribution in [2.45, 2.75) is 11.3 Å². The van der Waals surface area contributed by atoms with Crippen LogP contribution in [-0.2, 0) is 9.53 Å². The maximum atomic E-state index is 11.9. The standard InChI is InChI=1S/C11H14N2O4S2/c1-7-9(10(15)16)19-11(12-7)18-6-8(14)13-2-4-17-5-3-13/h2-6H2,1H3,(H,15,16). The maximum Gasteiger partial charge on any atom is 0.347 e. The van der Waals surface area contributed by atoms with Crippen LogP contribution in [0.15, 0.2) is 4.34 Å². The smallest absolute Gasteiger partial charge is 0.347 e. The molecule has 1 aliphatic rings. The Morgan fingerprint density at radius 3 is 2.74 bits per heavy atom. The number of morpholine rings is 1. The molecular weight excluding hydrogens is 288 g/mol. The third-order valence-corrected chi connectivity index (χ3v) is 4.93.